The van der Waals surface area contributed by atoms with Gasteiger partial charge in [0.25, 0.3) is 0 Å². The van der Waals surface area contributed by atoms with E-state index in [-0.39, 0.29) is 55.9 Å². The molecule has 9 aromatic rings. The van der Waals surface area contributed by atoms with E-state index in [2.05, 4.69) is 165 Å². The molecule has 0 radical (unpaired) electrons. The van der Waals surface area contributed by atoms with Gasteiger partial charge in [-0.15, -0.1) is 0 Å². The number of amides is 3. The van der Waals surface area contributed by atoms with E-state index >= 15 is 0 Å². The molecule has 27 heteroatoms. The number of nitrogens with zero attached hydrogens (tertiary/aromatic N) is 15. The van der Waals surface area contributed by atoms with Crippen LogP contribution in [0.3, 0.4) is 0 Å². The fourth-order valence-corrected chi connectivity index (χ4v) is 12.7. The zero-order valence-electron chi connectivity index (χ0n) is 52.2. The van der Waals surface area contributed by atoms with Crippen molar-refractivity contribution in [2.45, 2.75) is 154 Å². The molecule has 0 saturated heterocycles. The molecule has 3 atom stereocenters. The molecule has 15 rings (SSSR count). The molecule has 93 heavy (non-hydrogen) atoms. The number of fused-ring (bicyclic) bond motifs is 6. The molecule has 0 bridgehead atoms. The Hall–Kier alpha value is -9.99. The van der Waals surface area contributed by atoms with Gasteiger partial charge in [-0.1, -0.05) is 72.8 Å². The van der Waals surface area contributed by atoms with E-state index in [4.69, 9.17) is 14.2 Å². The van der Waals surface area contributed by atoms with Crippen LogP contribution in [0.1, 0.15) is 105 Å². The third-order valence-corrected chi connectivity index (χ3v) is 17.5. The second-order valence-electron chi connectivity index (χ2n) is 24.7. The lowest BCUT2D eigenvalue weighted by atomic mass is 10.1. The number of H-pyrrole nitrogens is 3. The molecule has 0 saturated carbocycles. The summed E-state index contributed by atoms with van der Waals surface area (Å²) in [7, 11) is 0. The lowest BCUT2D eigenvalue weighted by molar-refractivity contribution is -0.139. The first-order chi connectivity index (χ1) is 45.4. The fourth-order valence-electron chi connectivity index (χ4n) is 12.7. The fraction of sp³-hybridized carbons (Fsp3) is 0.409. The van der Waals surface area contributed by atoms with Crippen LogP contribution < -0.4 is 16.0 Å². The Balaban J connectivity index is 0.000000127. The van der Waals surface area contributed by atoms with Crippen molar-refractivity contribution in [3.05, 3.63) is 194 Å². The van der Waals surface area contributed by atoms with Gasteiger partial charge < -0.3 is 44.9 Å². The van der Waals surface area contributed by atoms with Gasteiger partial charge in [-0.05, 0) is 92.7 Å². The largest absolute Gasteiger partial charge is 0.368 e. The van der Waals surface area contributed by atoms with Crippen molar-refractivity contribution in [1.29, 1.82) is 0 Å². The first kappa shape index (κ1) is 61.8. The molecule has 0 spiro atoms. The van der Waals surface area contributed by atoms with Crippen LogP contribution in [-0.2, 0) is 126 Å². The van der Waals surface area contributed by atoms with Crippen LogP contribution >= 0.6 is 0 Å². The molecule has 6 aliphatic rings. The lowest BCUT2D eigenvalue weighted by Crippen LogP contribution is -2.31. The van der Waals surface area contributed by atoms with Gasteiger partial charge in [0.15, 0.2) is 0 Å². The molecule has 480 valence electrons. The minimum Gasteiger partial charge on any atom is -0.368 e. The van der Waals surface area contributed by atoms with E-state index in [9.17, 15) is 14.4 Å². The van der Waals surface area contributed by atoms with Crippen molar-refractivity contribution in [1.82, 2.24) is 90.8 Å². The number of hydrogen-bond donors (Lipinski definition) is 6. The van der Waals surface area contributed by atoms with Gasteiger partial charge >= 0.3 is 0 Å². The Morgan fingerprint density at radius 3 is 0.925 bits per heavy atom. The minimum absolute atomic E-state index is 0.0336. The SMILES string of the molecule is CC(Cc1cn[nH]n1)OCC(=O)N1Cc2cnc(NC3Cc4ccccc4C3)nc2C1.CC(Cc1cn[nH]n1)OCC(=O)N1Cc2cnc(NC3Cc4ccccc4C3)nc2C1.CC(Cc1cn[nH]n1)OCC(=O)N1Cc2cnc(NC3Cc4ccccc4C3)nc2C1. The summed E-state index contributed by atoms with van der Waals surface area (Å²) >= 11 is 0. The van der Waals surface area contributed by atoms with Crippen molar-refractivity contribution in [3.8, 4) is 0 Å². The molecule has 6 aromatic heterocycles. The van der Waals surface area contributed by atoms with Crippen LogP contribution in [-0.4, -0.2) is 165 Å². The molecule has 3 aliphatic carbocycles. The van der Waals surface area contributed by atoms with E-state index in [1.807, 2.05) is 39.4 Å². The summed E-state index contributed by atoms with van der Waals surface area (Å²) in [5, 5.41) is 41.5. The average Bonchev–Trinajstić information content (AvgIpc) is 1.76. The zero-order chi connectivity index (χ0) is 63.6. The number of nitrogens with one attached hydrogen (secondary N) is 6. The monoisotopic (exact) mass is 1260 g/mol. The number of benzene rings is 3. The number of hydrogen-bond acceptors (Lipinski definition) is 21. The number of ether oxygens (including phenoxy) is 3. The van der Waals surface area contributed by atoms with Gasteiger partial charge in [-0.3, -0.25) is 14.4 Å². The standard InChI is InChI=1S/3C22H25N7O2/c3*1-14(6-19-10-24-28-27-19)31-13-21(30)29-11-17-9-23-22(26-20(17)12-29)25-18-7-15-4-2-3-5-16(15)8-18/h3*2-5,9-10,14,18H,6-8,11-13H2,1H3,(H,23,25,26)(H,24,27,28). The summed E-state index contributed by atoms with van der Waals surface area (Å²) in [4.78, 5) is 70.6. The molecular weight excluding hydrogens is 1180 g/mol. The van der Waals surface area contributed by atoms with Gasteiger partial charge in [-0.2, -0.15) is 46.2 Å². The van der Waals surface area contributed by atoms with E-state index in [0.29, 0.717) is 94.5 Å². The van der Waals surface area contributed by atoms with E-state index in [1.165, 1.54) is 33.4 Å². The van der Waals surface area contributed by atoms with Gasteiger partial charge in [0.2, 0.25) is 35.6 Å². The second kappa shape index (κ2) is 28.7. The van der Waals surface area contributed by atoms with Crippen molar-refractivity contribution in [3.63, 3.8) is 0 Å². The highest BCUT2D eigenvalue weighted by Crippen LogP contribution is 2.30. The summed E-state index contributed by atoms with van der Waals surface area (Å²) in [5.41, 5.74) is 16.4. The maximum atomic E-state index is 12.6. The smallest absolute Gasteiger partial charge is 0.249 e. The molecule has 0 fully saturated rings. The van der Waals surface area contributed by atoms with E-state index in [1.54, 1.807) is 33.3 Å². The maximum Gasteiger partial charge on any atom is 0.249 e. The third-order valence-electron chi connectivity index (χ3n) is 17.5. The predicted octanol–water partition coefficient (Wildman–Crippen LogP) is 4.99. The Morgan fingerprint density at radius 2 is 0.677 bits per heavy atom. The van der Waals surface area contributed by atoms with Gasteiger partial charge in [0, 0.05) is 92.3 Å². The summed E-state index contributed by atoms with van der Waals surface area (Å²) in [6, 6.07) is 26.5. The Kier molecular flexibility index (Phi) is 19.1. The number of anilines is 3. The molecule has 3 aliphatic heterocycles. The molecule has 27 nitrogen and oxygen atoms in total. The second-order valence-corrected chi connectivity index (χ2v) is 24.7. The Morgan fingerprint density at radius 1 is 0.409 bits per heavy atom. The topological polar surface area (TPSA) is 327 Å². The number of aromatic nitrogens is 15. The number of carbonyl (C=O) groups is 3. The van der Waals surface area contributed by atoms with Crippen molar-refractivity contribution in [2.24, 2.45) is 0 Å². The highest BCUT2D eigenvalue weighted by atomic mass is 16.5. The summed E-state index contributed by atoms with van der Waals surface area (Å²) in [6.07, 6.45) is 17.8. The van der Waals surface area contributed by atoms with E-state index in [0.717, 1.165) is 89.4 Å². The first-order valence-electron chi connectivity index (χ1n) is 31.7. The molecular formula is C66H75N21O6. The normalized spacial score (nSPS) is 16.2. The molecule has 3 unspecified atom stereocenters. The van der Waals surface area contributed by atoms with Crippen LogP contribution in [0, 0.1) is 0 Å². The molecule has 3 aromatic carbocycles. The molecule has 6 N–H and O–H groups in total. The van der Waals surface area contributed by atoms with Crippen LogP contribution in [0.25, 0.3) is 0 Å². The van der Waals surface area contributed by atoms with Gasteiger partial charge in [0.05, 0.1) is 90.7 Å². The van der Waals surface area contributed by atoms with Crippen molar-refractivity contribution < 1.29 is 28.6 Å². The Labute approximate surface area is 537 Å². The number of carbonyl (C=O) groups excluding carboxylic acids is 3. The Bertz CT molecular complexity index is 3540. The summed E-state index contributed by atoms with van der Waals surface area (Å²) in [6.45, 7) is 8.87. The van der Waals surface area contributed by atoms with Crippen LogP contribution in [0.2, 0.25) is 0 Å². The van der Waals surface area contributed by atoms with Gasteiger partial charge in [0.1, 0.15) is 19.8 Å². The van der Waals surface area contributed by atoms with Crippen LogP contribution in [0.15, 0.2) is 110 Å². The highest BCUT2D eigenvalue weighted by Gasteiger charge is 2.31. The number of aromatic amines is 3. The zero-order valence-corrected chi connectivity index (χ0v) is 52.2. The number of rotatable bonds is 21. The highest BCUT2D eigenvalue weighted by molar-refractivity contribution is 5.79. The molecule has 3 amide bonds. The lowest BCUT2D eigenvalue weighted by Gasteiger charge is -2.17. The minimum atomic E-state index is -0.120. The average molecular weight is 1260 g/mol. The first-order valence-corrected chi connectivity index (χ1v) is 31.7. The van der Waals surface area contributed by atoms with Crippen molar-refractivity contribution in [2.75, 3.05) is 35.8 Å². The van der Waals surface area contributed by atoms with E-state index < -0.39 is 0 Å². The van der Waals surface area contributed by atoms with Crippen LogP contribution in [0.5, 0.6) is 0 Å². The quantitative estimate of drug-likeness (QED) is 0.0552. The maximum absolute atomic E-state index is 12.6. The summed E-state index contributed by atoms with van der Waals surface area (Å²) < 4.78 is 17.1. The third kappa shape index (κ3) is 15.8. The van der Waals surface area contributed by atoms with Crippen molar-refractivity contribution >= 4 is 35.6 Å². The predicted molar refractivity (Wildman–Crippen MR) is 339 cm³/mol. The molecule has 9 heterocycles. The van der Waals surface area contributed by atoms with Crippen LogP contribution in [0.4, 0.5) is 17.8 Å². The summed E-state index contributed by atoms with van der Waals surface area (Å²) in [5.74, 6) is 1.73. The van der Waals surface area contributed by atoms with Gasteiger partial charge in [-0.25, -0.2) is 29.9 Å².